The van der Waals surface area contributed by atoms with Crippen molar-refractivity contribution in [2.24, 2.45) is 0 Å². The van der Waals surface area contributed by atoms with Crippen LogP contribution in [-0.4, -0.2) is 30.2 Å². The maximum Gasteiger partial charge on any atom is 0.414 e. The highest BCUT2D eigenvalue weighted by Gasteiger charge is 2.10. The van der Waals surface area contributed by atoms with E-state index in [1.165, 1.54) is 43.3 Å². The molecule has 0 saturated heterocycles. The van der Waals surface area contributed by atoms with Gasteiger partial charge in [0.25, 0.3) is 0 Å². The van der Waals surface area contributed by atoms with E-state index in [0.717, 1.165) is 12.1 Å². The fourth-order valence-electron chi connectivity index (χ4n) is 1.22. The van der Waals surface area contributed by atoms with Gasteiger partial charge in [-0.25, -0.2) is 13.6 Å². The predicted octanol–water partition coefficient (Wildman–Crippen LogP) is 4.72. The van der Waals surface area contributed by atoms with Crippen LogP contribution in [0.25, 0.3) is 0 Å². The summed E-state index contributed by atoms with van der Waals surface area (Å²) in [6, 6.07) is 7.51. The molecule has 0 atom stereocenters. The molecule has 124 valence electrons. The summed E-state index contributed by atoms with van der Waals surface area (Å²) in [5.74, 6) is -1.86. The molecule has 0 bridgehead atoms. The third-order valence-corrected chi connectivity index (χ3v) is 2.84. The first-order valence-corrected chi connectivity index (χ1v) is 6.94. The van der Waals surface area contributed by atoms with Gasteiger partial charge in [0.15, 0.2) is 23.1 Å². The van der Waals surface area contributed by atoms with Crippen molar-refractivity contribution in [3.63, 3.8) is 0 Å². The maximum absolute atomic E-state index is 13.1. The van der Waals surface area contributed by atoms with Gasteiger partial charge in [0, 0.05) is 24.1 Å². The molecule has 0 aliphatic rings. The number of hydrogen-bond donors (Lipinski definition) is 1. The van der Waals surface area contributed by atoms with Crippen molar-refractivity contribution < 1.29 is 23.4 Å². The lowest BCUT2D eigenvalue weighted by molar-refractivity contribution is 0.170. The van der Waals surface area contributed by atoms with Crippen molar-refractivity contribution in [1.29, 1.82) is 0 Å². The molecule has 0 spiro atoms. The number of ether oxygens (including phenoxy) is 1. The van der Waals surface area contributed by atoms with E-state index in [4.69, 9.17) is 33.0 Å². The highest BCUT2D eigenvalue weighted by atomic mass is 35.5. The summed E-state index contributed by atoms with van der Waals surface area (Å²) in [4.78, 5) is 12.3. The zero-order valence-corrected chi connectivity index (χ0v) is 13.7. The Kier molecular flexibility index (Phi) is 7.06. The lowest BCUT2D eigenvalue weighted by atomic mass is 10.3. The second-order valence-electron chi connectivity index (χ2n) is 4.43. The van der Waals surface area contributed by atoms with Crippen molar-refractivity contribution >= 4 is 29.3 Å². The zero-order valence-electron chi connectivity index (χ0n) is 12.2. The van der Waals surface area contributed by atoms with E-state index >= 15 is 0 Å². The van der Waals surface area contributed by atoms with Crippen LogP contribution < -0.4 is 4.74 Å². The zero-order chi connectivity index (χ0) is 17.6. The van der Waals surface area contributed by atoms with Crippen LogP contribution in [0.4, 0.5) is 13.6 Å². The van der Waals surface area contributed by atoms with Crippen LogP contribution >= 0.6 is 23.2 Å². The van der Waals surface area contributed by atoms with E-state index in [0.29, 0.717) is 0 Å². The average Bonchev–Trinajstić information content (AvgIpc) is 2.46. The van der Waals surface area contributed by atoms with Crippen molar-refractivity contribution in [3.8, 4) is 11.5 Å². The standard InChI is InChI=1S/C9H9ClFNO2.C6H4ClFO/c1-12(2)9(13)14-8-4-3-6(10)5-7(8)11;7-4-1-2-6(9)5(8)3-4/h3-5H,1-2H3;1-3,9H. The fourth-order valence-corrected chi connectivity index (χ4v) is 1.54. The molecular formula is C15H13Cl2F2NO3. The van der Waals surface area contributed by atoms with Crippen LogP contribution in [-0.2, 0) is 0 Å². The highest BCUT2D eigenvalue weighted by Crippen LogP contribution is 2.21. The summed E-state index contributed by atoms with van der Waals surface area (Å²) in [6.07, 6.45) is -0.633. The number of aromatic hydroxyl groups is 1. The summed E-state index contributed by atoms with van der Waals surface area (Å²) in [7, 11) is 3.02. The summed E-state index contributed by atoms with van der Waals surface area (Å²) < 4.78 is 30.1. The van der Waals surface area contributed by atoms with Crippen LogP contribution in [0.5, 0.6) is 11.5 Å². The number of hydrogen-bond acceptors (Lipinski definition) is 3. The van der Waals surface area contributed by atoms with Crippen molar-refractivity contribution in [2.45, 2.75) is 0 Å². The molecule has 1 amide bonds. The van der Waals surface area contributed by atoms with Crippen LogP contribution in [0.2, 0.25) is 10.0 Å². The second kappa shape index (κ2) is 8.55. The molecule has 0 fully saturated rings. The SMILES string of the molecule is CN(C)C(=O)Oc1ccc(Cl)cc1F.Oc1ccc(Cl)cc1F. The molecule has 0 saturated carbocycles. The summed E-state index contributed by atoms with van der Waals surface area (Å²) in [5.41, 5.74) is 0. The number of benzene rings is 2. The van der Waals surface area contributed by atoms with Gasteiger partial charge in [-0.2, -0.15) is 0 Å². The van der Waals surface area contributed by atoms with Gasteiger partial charge in [0.1, 0.15) is 0 Å². The van der Waals surface area contributed by atoms with E-state index < -0.39 is 17.7 Å². The molecule has 4 nitrogen and oxygen atoms in total. The average molecular weight is 364 g/mol. The second-order valence-corrected chi connectivity index (χ2v) is 5.31. The Morgan fingerprint density at radius 1 is 1.04 bits per heavy atom. The van der Waals surface area contributed by atoms with E-state index in [1.54, 1.807) is 0 Å². The number of carbonyl (C=O) groups excluding carboxylic acids is 1. The molecule has 2 rings (SSSR count). The molecular weight excluding hydrogens is 351 g/mol. The lowest BCUT2D eigenvalue weighted by Crippen LogP contribution is -2.25. The molecule has 23 heavy (non-hydrogen) atoms. The van der Waals surface area contributed by atoms with Gasteiger partial charge in [0.05, 0.1) is 0 Å². The minimum atomic E-state index is -0.692. The van der Waals surface area contributed by atoms with Crippen LogP contribution in [0.15, 0.2) is 36.4 Å². The fraction of sp³-hybridized carbons (Fsp3) is 0.133. The van der Waals surface area contributed by atoms with Crippen LogP contribution in [0, 0.1) is 11.6 Å². The first-order chi connectivity index (χ1) is 10.7. The number of halogens is 4. The van der Waals surface area contributed by atoms with E-state index in [2.05, 4.69) is 0 Å². The number of rotatable bonds is 1. The molecule has 0 radical (unpaired) electrons. The van der Waals surface area contributed by atoms with E-state index in [9.17, 15) is 13.6 Å². The Morgan fingerprint density at radius 3 is 2.00 bits per heavy atom. The minimum Gasteiger partial charge on any atom is -0.505 e. The smallest absolute Gasteiger partial charge is 0.414 e. The van der Waals surface area contributed by atoms with Gasteiger partial charge in [-0.05, 0) is 36.4 Å². The third-order valence-electron chi connectivity index (χ3n) is 2.37. The maximum atomic E-state index is 13.1. The Hall–Kier alpha value is -2.05. The number of amides is 1. The van der Waals surface area contributed by atoms with Gasteiger partial charge < -0.3 is 14.7 Å². The molecule has 1 N–H and O–H groups in total. The number of nitrogens with zero attached hydrogens (tertiary/aromatic N) is 1. The third kappa shape index (κ3) is 6.30. The van der Waals surface area contributed by atoms with Crippen molar-refractivity contribution in [1.82, 2.24) is 4.90 Å². The lowest BCUT2D eigenvalue weighted by Gasteiger charge is -2.10. The van der Waals surface area contributed by atoms with Crippen molar-refractivity contribution in [2.75, 3.05) is 14.1 Å². The van der Waals surface area contributed by atoms with Gasteiger partial charge in [0.2, 0.25) is 0 Å². The summed E-state index contributed by atoms with van der Waals surface area (Å²) in [6.45, 7) is 0. The summed E-state index contributed by atoms with van der Waals surface area (Å²) in [5, 5.41) is 9.15. The van der Waals surface area contributed by atoms with E-state index in [1.807, 2.05) is 0 Å². The Balaban J connectivity index is 0.000000253. The molecule has 0 aliphatic heterocycles. The number of carbonyl (C=O) groups is 1. The first-order valence-electron chi connectivity index (χ1n) is 6.19. The topological polar surface area (TPSA) is 49.8 Å². The van der Waals surface area contributed by atoms with Crippen LogP contribution in [0.3, 0.4) is 0 Å². The highest BCUT2D eigenvalue weighted by molar-refractivity contribution is 6.30. The Morgan fingerprint density at radius 2 is 1.57 bits per heavy atom. The Labute approximate surface area is 141 Å². The molecule has 0 aromatic heterocycles. The number of phenols is 1. The molecule has 8 heteroatoms. The van der Waals surface area contributed by atoms with Crippen molar-refractivity contribution in [3.05, 3.63) is 58.1 Å². The quantitative estimate of drug-likeness (QED) is 0.796. The van der Waals surface area contributed by atoms with Gasteiger partial charge >= 0.3 is 6.09 Å². The largest absolute Gasteiger partial charge is 0.505 e. The molecule has 0 unspecified atom stereocenters. The van der Waals surface area contributed by atoms with Crippen LogP contribution in [0.1, 0.15) is 0 Å². The normalized spacial score (nSPS) is 9.65. The molecule has 0 aliphatic carbocycles. The molecule has 0 heterocycles. The first kappa shape index (κ1) is 19.0. The summed E-state index contributed by atoms with van der Waals surface area (Å²) >= 11 is 10.9. The number of phenolic OH excluding ortho intramolecular Hbond substituents is 1. The van der Waals surface area contributed by atoms with E-state index in [-0.39, 0.29) is 21.5 Å². The van der Waals surface area contributed by atoms with Gasteiger partial charge in [-0.1, -0.05) is 23.2 Å². The minimum absolute atomic E-state index is 0.131. The van der Waals surface area contributed by atoms with Gasteiger partial charge in [-0.15, -0.1) is 0 Å². The van der Waals surface area contributed by atoms with Gasteiger partial charge in [-0.3, -0.25) is 0 Å². The molecule has 2 aromatic carbocycles. The molecule has 2 aromatic rings. The Bertz CT molecular complexity index is 696. The predicted molar refractivity (Wildman–Crippen MR) is 84.2 cm³/mol. The monoisotopic (exact) mass is 363 g/mol.